The van der Waals surface area contributed by atoms with E-state index in [4.69, 9.17) is 0 Å². The van der Waals surface area contributed by atoms with Crippen molar-refractivity contribution in [3.63, 3.8) is 0 Å². The number of pyridine rings is 2. The molecular weight excluding hydrogens is 363 g/mol. The molecule has 4 rings (SSSR count). The molecule has 3 nitrogen and oxygen atoms in total. The Morgan fingerprint density at radius 3 is 2.28 bits per heavy atom. The van der Waals surface area contributed by atoms with Crippen LogP contribution >= 0.6 is 0 Å². The normalized spacial score (nSPS) is 11.4. The molecule has 0 saturated heterocycles. The maximum absolute atomic E-state index is 14.6. The predicted octanol–water partition coefficient (Wildman–Crippen LogP) is 5.98. The van der Waals surface area contributed by atoms with E-state index >= 15 is 0 Å². The molecule has 144 valence electrons. The van der Waals surface area contributed by atoms with Gasteiger partial charge in [-0.1, -0.05) is 44.2 Å². The topological polar surface area (TPSA) is 46.0 Å². The fourth-order valence-electron chi connectivity index (χ4n) is 3.51. The Balaban J connectivity index is 1.80. The Bertz CT molecular complexity index is 1160. The highest BCUT2D eigenvalue weighted by atomic mass is 19.1. The summed E-state index contributed by atoms with van der Waals surface area (Å²) >= 11 is 0. The smallest absolute Gasteiger partial charge is 0.124 e. The van der Waals surface area contributed by atoms with Gasteiger partial charge < -0.3 is 5.11 Å². The first-order valence-electron chi connectivity index (χ1n) is 9.43. The standard InChI is InChI=1S/C25H21FN2O/c1-25(2,20-8-3-4-12-24(20)29)18-14-17(15-19(26)16-18)21-10-7-11-23(28-21)22-9-5-6-13-27-22/h3-16,29H,1-2H3. The lowest BCUT2D eigenvalue weighted by Crippen LogP contribution is -2.19. The van der Waals surface area contributed by atoms with Gasteiger partial charge in [0.2, 0.25) is 0 Å². The summed E-state index contributed by atoms with van der Waals surface area (Å²) in [5.41, 5.74) is 3.77. The molecule has 0 radical (unpaired) electrons. The van der Waals surface area contributed by atoms with Crippen LogP contribution < -0.4 is 0 Å². The number of hydrogen-bond acceptors (Lipinski definition) is 3. The molecular formula is C25H21FN2O. The summed E-state index contributed by atoms with van der Waals surface area (Å²) in [6.07, 6.45) is 1.72. The molecule has 0 aliphatic rings. The number of nitrogens with zero attached hydrogens (tertiary/aromatic N) is 2. The molecule has 0 aliphatic heterocycles. The van der Waals surface area contributed by atoms with Crippen molar-refractivity contribution in [3.05, 3.63) is 102 Å². The lowest BCUT2D eigenvalue weighted by molar-refractivity contribution is 0.452. The summed E-state index contributed by atoms with van der Waals surface area (Å²) < 4.78 is 14.6. The summed E-state index contributed by atoms with van der Waals surface area (Å²) in [5.74, 6) is -0.148. The van der Waals surface area contributed by atoms with Crippen LogP contribution in [0.2, 0.25) is 0 Å². The zero-order valence-corrected chi connectivity index (χ0v) is 16.3. The molecule has 0 bridgehead atoms. The van der Waals surface area contributed by atoms with E-state index in [9.17, 15) is 9.50 Å². The van der Waals surface area contributed by atoms with E-state index in [1.807, 2.05) is 68.4 Å². The molecule has 29 heavy (non-hydrogen) atoms. The summed E-state index contributed by atoms with van der Waals surface area (Å²) in [6, 6.07) is 23.4. The van der Waals surface area contributed by atoms with Crippen molar-refractivity contribution in [1.82, 2.24) is 9.97 Å². The number of para-hydroxylation sites is 1. The average Bonchev–Trinajstić information content (AvgIpc) is 2.74. The van der Waals surface area contributed by atoms with E-state index in [2.05, 4.69) is 9.97 Å². The third-order valence-electron chi connectivity index (χ3n) is 5.17. The highest BCUT2D eigenvalue weighted by Gasteiger charge is 2.27. The Morgan fingerprint density at radius 1 is 0.793 bits per heavy atom. The Kier molecular flexibility index (Phi) is 4.85. The van der Waals surface area contributed by atoms with Gasteiger partial charge in [0.05, 0.1) is 17.1 Å². The van der Waals surface area contributed by atoms with Crippen LogP contribution in [0.3, 0.4) is 0 Å². The Hall–Kier alpha value is -3.53. The highest BCUT2D eigenvalue weighted by Crippen LogP contribution is 2.38. The monoisotopic (exact) mass is 384 g/mol. The van der Waals surface area contributed by atoms with Gasteiger partial charge in [-0.05, 0) is 54.1 Å². The van der Waals surface area contributed by atoms with Crippen molar-refractivity contribution >= 4 is 0 Å². The van der Waals surface area contributed by atoms with Crippen molar-refractivity contribution in [3.8, 4) is 28.4 Å². The lowest BCUT2D eigenvalue weighted by atomic mass is 9.77. The molecule has 0 atom stereocenters. The van der Waals surface area contributed by atoms with Crippen LogP contribution in [-0.4, -0.2) is 15.1 Å². The number of rotatable bonds is 4. The minimum absolute atomic E-state index is 0.193. The van der Waals surface area contributed by atoms with Crippen molar-refractivity contribution in [1.29, 1.82) is 0 Å². The SMILES string of the molecule is CC(C)(c1cc(F)cc(-c2cccc(-c3ccccn3)n2)c1)c1ccccc1O. The van der Waals surface area contributed by atoms with Gasteiger partial charge in [-0.3, -0.25) is 4.98 Å². The van der Waals surface area contributed by atoms with E-state index in [-0.39, 0.29) is 11.6 Å². The second kappa shape index (κ2) is 7.47. The predicted molar refractivity (Wildman–Crippen MR) is 113 cm³/mol. The third-order valence-corrected chi connectivity index (χ3v) is 5.17. The molecule has 0 aliphatic carbocycles. The van der Waals surface area contributed by atoms with Gasteiger partial charge in [-0.15, -0.1) is 0 Å². The van der Waals surface area contributed by atoms with Crippen LogP contribution in [0.5, 0.6) is 5.75 Å². The average molecular weight is 384 g/mol. The molecule has 0 saturated carbocycles. The van der Waals surface area contributed by atoms with Crippen molar-refractivity contribution in [2.24, 2.45) is 0 Å². The fourth-order valence-corrected chi connectivity index (χ4v) is 3.51. The lowest BCUT2D eigenvalue weighted by Gasteiger charge is -2.27. The van der Waals surface area contributed by atoms with Gasteiger partial charge in [0.15, 0.2) is 0 Å². The largest absolute Gasteiger partial charge is 0.508 e. The minimum atomic E-state index is -0.583. The minimum Gasteiger partial charge on any atom is -0.508 e. The molecule has 2 heterocycles. The molecule has 2 aromatic carbocycles. The van der Waals surface area contributed by atoms with Crippen LogP contribution in [-0.2, 0) is 5.41 Å². The quantitative estimate of drug-likeness (QED) is 0.471. The summed E-state index contributed by atoms with van der Waals surface area (Å²) in [4.78, 5) is 9.03. The highest BCUT2D eigenvalue weighted by molar-refractivity contribution is 5.65. The van der Waals surface area contributed by atoms with E-state index < -0.39 is 5.41 Å². The molecule has 4 aromatic rings. The first-order valence-corrected chi connectivity index (χ1v) is 9.43. The fraction of sp³-hybridized carbons (Fsp3) is 0.120. The van der Waals surface area contributed by atoms with Gasteiger partial charge >= 0.3 is 0 Å². The van der Waals surface area contributed by atoms with Crippen LogP contribution in [0.25, 0.3) is 22.6 Å². The summed E-state index contributed by atoms with van der Waals surface area (Å²) in [7, 11) is 0. The Morgan fingerprint density at radius 2 is 1.52 bits per heavy atom. The second-order valence-corrected chi connectivity index (χ2v) is 7.49. The molecule has 0 amide bonds. The molecule has 0 unspecified atom stereocenters. The van der Waals surface area contributed by atoms with E-state index in [0.717, 1.165) is 22.5 Å². The van der Waals surface area contributed by atoms with Crippen LogP contribution in [0.15, 0.2) is 85.1 Å². The van der Waals surface area contributed by atoms with Gasteiger partial charge in [-0.2, -0.15) is 0 Å². The van der Waals surface area contributed by atoms with E-state index in [0.29, 0.717) is 11.3 Å². The van der Waals surface area contributed by atoms with Crippen LogP contribution in [0, 0.1) is 5.82 Å². The number of hydrogen-bond donors (Lipinski definition) is 1. The zero-order valence-electron chi connectivity index (χ0n) is 16.3. The van der Waals surface area contributed by atoms with E-state index in [1.165, 1.54) is 12.1 Å². The number of phenolic OH excluding ortho intramolecular Hbond substituents is 1. The van der Waals surface area contributed by atoms with Crippen molar-refractivity contribution in [2.45, 2.75) is 19.3 Å². The summed E-state index contributed by atoms with van der Waals surface area (Å²) in [6.45, 7) is 3.94. The maximum atomic E-state index is 14.6. The Labute approximate surface area is 169 Å². The first-order chi connectivity index (χ1) is 13.9. The molecule has 2 aromatic heterocycles. The van der Waals surface area contributed by atoms with Gasteiger partial charge in [0, 0.05) is 22.7 Å². The third kappa shape index (κ3) is 3.74. The van der Waals surface area contributed by atoms with Crippen molar-refractivity contribution in [2.75, 3.05) is 0 Å². The van der Waals surface area contributed by atoms with Crippen LogP contribution in [0.4, 0.5) is 4.39 Å². The molecule has 4 heteroatoms. The van der Waals surface area contributed by atoms with E-state index in [1.54, 1.807) is 18.3 Å². The zero-order chi connectivity index (χ0) is 20.4. The summed E-state index contributed by atoms with van der Waals surface area (Å²) in [5, 5.41) is 10.3. The van der Waals surface area contributed by atoms with Gasteiger partial charge in [0.1, 0.15) is 11.6 Å². The number of aromatic nitrogens is 2. The molecule has 0 spiro atoms. The van der Waals surface area contributed by atoms with Gasteiger partial charge in [-0.25, -0.2) is 9.37 Å². The number of benzene rings is 2. The molecule has 0 fully saturated rings. The van der Waals surface area contributed by atoms with Crippen molar-refractivity contribution < 1.29 is 9.50 Å². The van der Waals surface area contributed by atoms with Crippen LogP contribution in [0.1, 0.15) is 25.0 Å². The maximum Gasteiger partial charge on any atom is 0.124 e. The number of phenols is 1. The number of halogens is 1. The first kappa shape index (κ1) is 18.8. The number of aromatic hydroxyl groups is 1. The second-order valence-electron chi connectivity index (χ2n) is 7.49. The van der Waals surface area contributed by atoms with Gasteiger partial charge in [0.25, 0.3) is 0 Å². The molecule has 1 N–H and O–H groups in total.